The number of halogens is 3. The summed E-state index contributed by atoms with van der Waals surface area (Å²) in [6.07, 6.45) is 2.49. The van der Waals surface area contributed by atoms with E-state index in [0.29, 0.717) is 61.7 Å². The number of pyridine rings is 1. The third-order valence-corrected chi connectivity index (χ3v) is 6.90. The quantitative estimate of drug-likeness (QED) is 0.562. The molecule has 1 saturated carbocycles. The summed E-state index contributed by atoms with van der Waals surface area (Å²) in [4.78, 5) is 23.3. The number of hydrogen-bond donors (Lipinski definition) is 2. The molecule has 0 radical (unpaired) electrons. The topological polar surface area (TPSA) is 93.5 Å². The van der Waals surface area contributed by atoms with E-state index >= 15 is 0 Å². The van der Waals surface area contributed by atoms with Crippen LogP contribution >= 0.6 is 0 Å². The van der Waals surface area contributed by atoms with Crippen LogP contribution in [-0.4, -0.2) is 59.4 Å². The molecule has 0 amide bonds. The fraction of sp³-hybridized carbons (Fsp3) is 0.458. The highest BCUT2D eigenvalue weighted by molar-refractivity contribution is 5.97. The molecule has 3 aromatic rings. The van der Waals surface area contributed by atoms with E-state index in [1.807, 2.05) is 4.90 Å². The monoisotopic (exact) mass is 502 g/mol. The van der Waals surface area contributed by atoms with Crippen LogP contribution in [0.4, 0.5) is 36.3 Å². The van der Waals surface area contributed by atoms with E-state index in [4.69, 9.17) is 9.47 Å². The highest BCUT2D eigenvalue weighted by Crippen LogP contribution is 2.45. The summed E-state index contributed by atoms with van der Waals surface area (Å²) in [5, 5.41) is 6.42. The Kier molecular flexibility index (Phi) is 5.43. The van der Waals surface area contributed by atoms with Gasteiger partial charge < -0.3 is 29.6 Å². The standard InChI is InChI=1S/C24H25F3N6O3/c1-32-17-5-4-14(29-21-16(25)11-28-23(31-21)33-6-8-35-9-7-33)10-15(17)18-19(22(32)34)36-12-24(26,27)20(30-18)13-2-3-13/h4-5,10-11,13,20,30H,2-3,6-9,12H2,1H3,(H,28,29,31)/t20-/m0/s1. The molecule has 1 atom stereocenters. The van der Waals surface area contributed by atoms with Gasteiger partial charge in [-0.05, 0) is 37.0 Å². The Morgan fingerprint density at radius 3 is 2.75 bits per heavy atom. The number of fused-ring (bicyclic) bond motifs is 3. The first-order valence-electron chi connectivity index (χ1n) is 11.9. The van der Waals surface area contributed by atoms with Gasteiger partial charge in [0, 0.05) is 31.2 Å². The zero-order chi connectivity index (χ0) is 25.0. The first-order valence-corrected chi connectivity index (χ1v) is 11.9. The largest absolute Gasteiger partial charge is 0.480 e. The maximum atomic E-state index is 14.8. The van der Waals surface area contributed by atoms with E-state index in [9.17, 15) is 18.0 Å². The number of nitrogens with zero attached hydrogens (tertiary/aromatic N) is 4. The lowest BCUT2D eigenvalue weighted by molar-refractivity contribution is -0.0579. The van der Waals surface area contributed by atoms with Crippen molar-refractivity contribution in [2.45, 2.75) is 24.8 Å². The number of hydrogen-bond acceptors (Lipinski definition) is 8. The molecule has 0 bridgehead atoms. The Morgan fingerprint density at radius 1 is 1.22 bits per heavy atom. The first-order chi connectivity index (χ1) is 17.3. The first kappa shape index (κ1) is 22.9. The maximum absolute atomic E-state index is 14.8. The molecule has 2 aromatic heterocycles. The molecule has 3 aliphatic rings. The van der Waals surface area contributed by atoms with Crippen LogP contribution < -0.4 is 25.8 Å². The van der Waals surface area contributed by atoms with Gasteiger partial charge in [-0.3, -0.25) is 4.79 Å². The van der Waals surface area contributed by atoms with E-state index in [1.54, 1.807) is 25.2 Å². The van der Waals surface area contributed by atoms with Gasteiger partial charge in [-0.2, -0.15) is 4.98 Å². The molecule has 1 aromatic carbocycles. The van der Waals surface area contributed by atoms with E-state index in [-0.39, 0.29) is 23.2 Å². The third kappa shape index (κ3) is 3.98. The minimum Gasteiger partial charge on any atom is -0.480 e. The second-order valence-electron chi connectivity index (χ2n) is 9.40. The molecule has 2 aliphatic heterocycles. The number of anilines is 4. The predicted octanol–water partition coefficient (Wildman–Crippen LogP) is 3.27. The Balaban J connectivity index is 1.40. The second kappa shape index (κ2) is 8.54. The van der Waals surface area contributed by atoms with Crippen molar-refractivity contribution in [1.29, 1.82) is 0 Å². The van der Waals surface area contributed by atoms with Crippen molar-refractivity contribution < 1.29 is 22.6 Å². The van der Waals surface area contributed by atoms with Gasteiger partial charge >= 0.3 is 5.92 Å². The molecule has 12 heteroatoms. The van der Waals surface area contributed by atoms with E-state index in [2.05, 4.69) is 20.6 Å². The Bertz CT molecular complexity index is 1390. The van der Waals surface area contributed by atoms with Gasteiger partial charge in [0.15, 0.2) is 18.2 Å². The molecule has 1 aliphatic carbocycles. The Hall–Kier alpha value is -3.54. The molecule has 1 saturated heterocycles. The summed E-state index contributed by atoms with van der Waals surface area (Å²) in [5.74, 6) is -3.75. The van der Waals surface area contributed by atoms with E-state index in [0.717, 1.165) is 6.20 Å². The molecule has 190 valence electrons. The number of morpholine rings is 1. The lowest BCUT2D eigenvalue weighted by Crippen LogP contribution is -2.44. The SMILES string of the molecule is Cn1c(=O)c2c(c3cc(Nc4nc(N5CCOCC5)ncc4F)ccc31)N[C@@H](C1CC1)C(F)(F)CO2. The molecular formula is C24H25F3N6O3. The number of ether oxygens (including phenoxy) is 2. The van der Waals surface area contributed by atoms with E-state index in [1.165, 1.54) is 4.57 Å². The van der Waals surface area contributed by atoms with Crippen molar-refractivity contribution in [3.63, 3.8) is 0 Å². The van der Waals surface area contributed by atoms with Crippen LogP contribution in [0.5, 0.6) is 5.75 Å². The van der Waals surface area contributed by atoms with Crippen LogP contribution in [0.15, 0.2) is 29.2 Å². The fourth-order valence-electron chi connectivity index (χ4n) is 4.78. The summed E-state index contributed by atoms with van der Waals surface area (Å²) < 4.78 is 56.4. The van der Waals surface area contributed by atoms with Crippen molar-refractivity contribution in [1.82, 2.24) is 14.5 Å². The average molecular weight is 502 g/mol. The van der Waals surface area contributed by atoms with Crippen molar-refractivity contribution in [2.75, 3.05) is 48.4 Å². The van der Waals surface area contributed by atoms with Gasteiger partial charge in [-0.1, -0.05) is 0 Å². The molecule has 0 unspecified atom stereocenters. The highest BCUT2D eigenvalue weighted by Gasteiger charge is 2.51. The van der Waals surface area contributed by atoms with Crippen LogP contribution in [0.25, 0.3) is 10.9 Å². The third-order valence-electron chi connectivity index (χ3n) is 6.90. The molecule has 9 nitrogen and oxygen atoms in total. The van der Waals surface area contributed by atoms with Gasteiger partial charge in [-0.15, -0.1) is 0 Å². The summed E-state index contributed by atoms with van der Waals surface area (Å²) >= 11 is 0. The minimum atomic E-state index is -3.13. The molecule has 0 spiro atoms. The summed E-state index contributed by atoms with van der Waals surface area (Å²) in [6, 6.07) is 3.89. The second-order valence-corrected chi connectivity index (χ2v) is 9.40. The van der Waals surface area contributed by atoms with E-state index < -0.39 is 29.9 Å². The van der Waals surface area contributed by atoms with Gasteiger partial charge in [0.05, 0.1) is 36.7 Å². The van der Waals surface area contributed by atoms with Crippen LogP contribution in [0.3, 0.4) is 0 Å². The van der Waals surface area contributed by atoms with Crippen molar-refractivity contribution in [3.05, 3.63) is 40.6 Å². The molecule has 2 fully saturated rings. The van der Waals surface area contributed by atoms with Crippen LogP contribution in [0, 0.1) is 11.7 Å². The molecule has 2 N–H and O–H groups in total. The molecular weight excluding hydrogens is 477 g/mol. The van der Waals surface area contributed by atoms with Crippen molar-refractivity contribution >= 4 is 34.0 Å². The highest BCUT2D eigenvalue weighted by atomic mass is 19.3. The number of aromatic nitrogens is 3. The number of alkyl halides is 2. The number of rotatable bonds is 4. The van der Waals surface area contributed by atoms with Gasteiger partial charge in [0.25, 0.3) is 5.56 Å². The lowest BCUT2D eigenvalue weighted by atomic mass is 10.0. The normalized spacial score (nSPS) is 21.3. The maximum Gasteiger partial charge on any atom is 0.301 e. The predicted molar refractivity (Wildman–Crippen MR) is 128 cm³/mol. The van der Waals surface area contributed by atoms with Crippen molar-refractivity contribution in [2.24, 2.45) is 13.0 Å². The zero-order valence-corrected chi connectivity index (χ0v) is 19.6. The van der Waals surface area contributed by atoms with Gasteiger partial charge in [-0.25, -0.2) is 18.2 Å². The summed E-state index contributed by atoms with van der Waals surface area (Å²) in [7, 11) is 1.56. The smallest absolute Gasteiger partial charge is 0.301 e. The van der Waals surface area contributed by atoms with Gasteiger partial charge in [0.1, 0.15) is 0 Å². The van der Waals surface area contributed by atoms with Gasteiger partial charge in [0.2, 0.25) is 11.7 Å². The molecule has 6 rings (SSSR count). The summed E-state index contributed by atoms with van der Waals surface area (Å²) in [6.45, 7) is 1.39. The molecule has 36 heavy (non-hydrogen) atoms. The lowest BCUT2D eigenvalue weighted by Gasteiger charge is -2.27. The minimum absolute atomic E-state index is 0.0200. The fourth-order valence-corrected chi connectivity index (χ4v) is 4.78. The Morgan fingerprint density at radius 2 is 2.00 bits per heavy atom. The zero-order valence-electron chi connectivity index (χ0n) is 19.6. The van der Waals surface area contributed by atoms with Crippen molar-refractivity contribution in [3.8, 4) is 5.75 Å². The summed E-state index contributed by atoms with van der Waals surface area (Å²) in [5.41, 5.74) is 0.713. The number of aryl methyl sites for hydroxylation is 1. The number of benzene rings is 1. The van der Waals surface area contributed by atoms with Crippen LogP contribution in [0.2, 0.25) is 0 Å². The number of nitrogens with one attached hydrogen (secondary N) is 2. The average Bonchev–Trinajstić information content (AvgIpc) is 3.72. The van der Waals surface area contributed by atoms with Crippen LogP contribution in [-0.2, 0) is 11.8 Å². The Labute approximate surface area is 204 Å². The molecule has 4 heterocycles. The van der Waals surface area contributed by atoms with Crippen LogP contribution in [0.1, 0.15) is 12.8 Å².